The van der Waals surface area contributed by atoms with E-state index < -0.39 is 0 Å². The maximum absolute atomic E-state index is 5.80. The number of aryl methyl sites for hydroxylation is 1. The van der Waals surface area contributed by atoms with Crippen molar-refractivity contribution in [1.82, 2.24) is 0 Å². The quantitative estimate of drug-likeness (QED) is 0.735. The molecule has 1 rings (SSSR count). The van der Waals surface area contributed by atoms with Crippen molar-refractivity contribution in [3.63, 3.8) is 0 Å². The van der Waals surface area contributed by atoms with E-state index in [1.165, 1.54) is 0 Å². The van der Waals surface area contributed by atoms with Gasteiger partial charge in [-0.2, -0.15) is 0 Å². The molecule has 0 amide bonds. The van der Waals surface area contributed by atoms with Gasteiger partial charge in [0, 0.05) is 16.4 Å². The number of rotatable bonds is 2. The highest BCUT2D eigenvalue weighted by Gasteiger charge is 1.97. The van der Waals surface area contributed by atoms with Gasteiger partial charge in [0.05, 0.1) is 0 Å². The molecule has 0 bridgehead atoms. The maximum Gasteiger partial charge on any atom is 0.0412 e. The van der Waals surface area contributed by atoms with Gasteiger partial charge in [0.25, 0.3) is 0 Å². The van der Waals surface area contributed by atoms with Crippen molar-refractivity contribution < 1.29 is 0 Å². The van der Waals surface area contributed by atoms with Crippen LogP contribution < -0.4 is 5.32 Å². The molecule has 0 unspecified atom stereocenters. The molecule has 0 aliphatic heterocycles. The lowest BCUT2D eigenvalue weighted by Gasteiger charge is -2.08. The van der Waals surface area contributed by atoms with Crippen molar-refractivity contribution in [2.75, 3.05) is 5.32 Å². The largest absolute Gasteiger partial charge is 0.360 e. The van der Waals surface area contributed by atoms with Crippen molar-refractivity contribution in [3.05, 3.63) is 41.1 Å². The van der Waals surface area contributed by atoms with Gasteiger partial charge in [-0.05, 0) is 37.6 Å². The van der Waals surface area contributed by atoms with Crippen LogP contribution in [0, 0.1) is 6.92 Å². The van der Waals surface area contributed by atoms with Gasteiger partial charge in [-0.1, -0.05) is 18.2 Å². The molecule has 0 saturated carbocycles. The molecule has 2 heteroatoms. The molecule has 1 nitrogen and oxygen atoms in total. The summed E-state index contributed by atoms with van der Waals surface area (Å²) >= 11 is 5.80. The minimum Gasteiger partial charge on any atom is -0.360 e. The molecule has 1 aromatic carbocycles. The summed E-state index contributed by atoms with van der Waals surface area (Å²) in [7, 11) is 0. The first-order chi connectivity index (χ1) is 5.59. The van der Waals surface area contributed by atoms with Crippen molar-refractivity contribution >= 4 is 17.3 Å². The molecule has 64 valence electrons. The van der Waals surface area contributed by atoms with Crippen LogP contribution in [0.15, 0.2) is 30.5 Å². The molecular formula is C10H12ClN. The number of hydrogen-bond donors (Lipinski definition) is 1. The van der Waals surface area contributed by atoms with E-state index in [1.807, 2.05) is 32.0 Å². The Hall–Kier alpha value is -0.950. The summed E-state index contributed by atoms with van der Waals surface area (Å²) in [5.74, 6) is 0. The van der Waals surface area contributed by atoms with E-state index in [0.29, 0.717) is 0 Å². The number of allylic oxidation sites excluding steroid dienone is 1. The molecular weight excluding hydrogens is 170 g/mol. The summed E-state index contributed by atoms with van der Waals surface area (Å²) in [4.78, 5) is 0. The fourth-order valence-electron chi connectivity index (χ4n) is 0.997. The highest BCUT2D eigenvalue weighted by Crippen LogP contribution is 2.20. The van der Waals surface area contributed by atoms with Crippen LogP contribution in [-0.2, 0) is 0 Å². The lowest BCUT2D eigenvalue weighted by Crippen LogP contribution is -1.95. The van der Waals surface area contributed by atoms with Crippen LogP contribution in [0.5, 0.6) is 0 Å². The van der Waals surface area contributed by atoms with Crippen molar-refractivity contribution in [3.8, 4) is 0 Å². The topological polar surface area (TPSA) is 12.0 Å². The second-order valence-corrected chi connectivity index (χ2v) is 3.30. The molecule has 0 saturated heterocycles. The highest BCUT2D eigenvalue weighted by molar-refractivity contribution is 6.30. The number of anilines is 1. The Morgan fingerprint density at radius 3 is 2.67 bits per heavy atom. The zero-order chi connectivity index (χ0) is 9.14. The van der Waals surface area contributed by atoms with Gasteiger partial charge in [-0.15, -0.1) is 0 Å². The summed E-state index contributed by atoms with van der Waals surface area (Å²) in [5, 5.41) is 3.91. The SMILES string of the molecule is C=C(C)Nc1ccc(Cl)cc1C. The lowest BCUT2D eigenvalue weighted by molar-refractivity contribution is 1.35. The van der Waals surface area contributed by atoms with E-state index in [-0.39, 0.29) is 0 Å². The first kappa shape index (κ1) is 9.14. The number of benzene rings is 1. The van der Waals surface area contributed by atoms with Gasteiger partial charge in [0.2, 0.25) is 0 Å². The fraction of sp³-hybridized carbons (Fsp3) is 0.200. The Morgan fingerprint density at radius 1 is 1.50 bits per heavy atom. The molecule has 0 heterocycles. The fourth-order valence-corrected chi connectivity index (χ4v) is 1.22. The minimum atomic E-state index is 0.764. The molecule has 0 aliphatic rings. The number of nitrogens with one attached hydrogen (secondary N) is 1. The third kappa shape index (κ3) is 2.28. The van der Waals surface area contributed by atoms with E-state index >= 15 is 0 Å². The summed E-state index contributed by atoms with van der Waals surface area (Å²) in [5.41, 5.74) is 3.12. The second-order valence-electron chi connectivity index (χ2n) is 2.86. The average Bonchev–Trinajstić information content (AvgIpc) is 1.94. The van der Waals surface area contributed by atoms with E-state index in [0.717, 1.165) is 22.0 Å². The molecule has 1 N–H and O–H groups in total. The highest BCUT2D eigenvalue weighted by atomic mass is 35.5. The van der Waals surface area contributed by atoms with E-state index in [1.54, 1.807) is 0 Å². The lowest BCUT2D eigenvalue weighted by atomic mass is 10.2. The molecule has 0 atom stereocenters. The monoisotopic (exact) mass is 181 g/mol. The Bertz CT molecular complexity index is 305. The van der Waals surface area contributed by atoms with Gasteiger partial charge in [-0.3, -0.25) is 0 Å². The Kier molecular flexibility index (Phi) is 2.77. The van der Waals surface area contributed by atoms with Crippen molar-refractivity contribution in [1.29, 1.82) is 0 Å². The maximum atomic E-state index is 5.80. The van der Waals surface area contributed by atoms with Crippen LogP contribution in [0.3, 0.4) is 0 Å². The van der Waals surface area contributed by atoms with E-state index in [2.05, 4.69) is 11.9 Å². The Balaban J connectivity index is 2.93. The summed E-state index contributed by atoms with van der Waals surface area (Å²) in [6.07, 6.45) is 0. The van der Waals surface area contributed by atoms with Crippen LogP contribution in [0.1, 0.15) is 12.5 Å². The van der Waals surface area contributed by atoms with Gasteiger partial charge in [-0.25, -0.2) is 0 Å². The third-order valence-corrected chi connectivity index (χ3v) is 1.77. The first-order valence-electron chi connectivity index (χ1n) is 3.78. The molecule has 0 fully saturated rings. The molecule has 0 spiro atoms. The standard InChI is InChI=1S/C10H12ClN/c1-7(2)12-10-5-4-9(11)6-8(10)3/h4-6,12H,1H2,2-3H3. The van der Waals surface area contributed by atoms with Crippen molar-refractivity contribution in [2.24, 2.45) is 0 Å². The minimum absolute atomic E-state index is 0.764. The summed E-state index contributed by atoms with van der Waals surface area (Å²) in [6, 6.07) is 5.74. The molecule has 1 aromatic rings. The van der Waals surface area contributed by atoms with Crippen LogP contribution in [0.2, 0.25) is 5.02 Å². The summed E-state index contributed by atoms with van der Waals surface area (Å²) < 4.78 is 0. The molecule has 0 aliphatic carbocycles. The zero-order valence-electron chi connectivity index (χ0n) is 7.32. The molecule has 0 aromatic heterocycles. The van der Waals surface area contributed by atoms with Gasteiger partial charge in [0.15, 0.2) is 0 Å². The van der Waals surface area contributed by atoms with Crippen LogP contribution in [-0.4, -0.2) is 0 Å². The predicted octanol–water partition coefficient (Wildman–Crippen LogP) is 3.59. The smallest absolute Gasteiger partial charge is 0.0412 e. The first-order valence-corrected chi connectivity index (χ1v) is 4.16. The van der Waals surface area contributed by atoms with E-state index in [4.69, 9.17) is 11.6 Å². The Morgan fingerprint density at radius 2 is 2.17 bits per heavy atom. The molecule has 0 radical (unpaired) electrons. The number of halogens is 1. The van der Waals surface area contributed by atoms with Gasteiger partial charge < -0.3 is 5.32 Å². The van der Waals surface area contributed by atoms with Crippen LogP contribution >= 0.6 is 11.6 Å². The third-order valence-electron chi connectivity index (χ3n) is 1.54. The zero-order valence-corrected chi connectivity index (χ0v) is 8.07. The van der Waals surface area contributed by atoms with Crippen molar-refractivity contribution in [2.45, 2.75) is 13.8 Å². The Labute approximate surface area is 78.1 Å². The average molecular weight is 182 g/mol. The normalized spacial score (nSPS) is 9.58. The second kappa shape index (κ2) is 3.63. The van der Waals surface area contributed by atoms with E-state index in [9.17, 15) is 0 Å². The summed E-state index contributed by atoms with van der Waals surface area (Å²) in [6.45, 7) is 7.71. The van der Waals surface area contributed by atoms with Crippen LogP contribution in [0.4, 0.5) is 5.69 Å². The predicted molar refractivity (Wildman–Crippen MR) is 54.6 cm³/mol. The molecule has 12 heavy (non-hydrogen) atoms. The van der Waals surface area contributed by atoms with Gasteiger partial charge >= 0.3 is 0 Å². The number of hydrogen-bond acceptors (Lipinski definition) is 1. The van der Waals surface area contributed by atoms with Crippen LogP contribution in [0.25, 0.3) is 0 Å². The van der Waals surface area contributed by atoms with Gasteiger partial charge in [0.1, 0.15) is 0 Å².